The molecule has 5 heteroatoms. The highest BCUT2D eigenvalue weighted by Gasteiger charge is 2.06. The van der Waals surface area contributed by atoms with Crippen molar-refractivity contribution in [1.29, 1.82) is 5.26 Å². The molecule has 2 aromatic carbocycles. The Bertz CT molecular complexity index is 834. The van der Waals surface area contributed by atoms with Crippen LogP contribution < -0.4 is 5.32 Å². The minimum absolute atomic E-state index is 0.0302. The zero-order valence-corrected chi connectivity index (χ0v) is 12.4. The van der Waals surface area contributed by atoms with Gasteiger partial charge in [-0.3, -0.25) is 0 Å². The SMILES string of the molecule is N#Cc1cc(NCc2nccn2Cc2ccccc2)ccc1F. The van der Waals surface area contributed by atoms with Crippen molar-refractivity contribution in [3.05, 3.63) is 83.7 Å². The smallest absolute Gasteiger partial charge is 0.141 e. The van der Waals surface area contributed by atoms with Gasteiger partial charge in [-0.15, -0.1) is 0 Å². The van der Waals surface area contributed by atoms with Crippen LogP contribution in [0.25, 0.3) is 0 Å². The van der Waals surface area contributed by atoms with Crippen LogP contribution in [0.5, 0.6) is 0 Å². The molecule has 0 bridgehead atoms. The van der Waals surface area contributed by atoms with Crippen LogP contribution in [0.3, 0.4) is 0 Å². The van der Waals surface area contributed by atoms with E-state index in [0.29, 0.717) is 12.2 Å². The lowest BCUT2D eigenvalue weighted by atomic mass is 10.2. The molecule has 1 aromatic heterocycles. The van der Waals surface area contributed by atoms with Crippen LogP contribution in [0.2, 0.25) is 0 Å². The van der Waals surface area contributed by atoms with Crippen LogP contribution >= 0.6 is 0 Å². The summed E-state index contributed by atoms with van der Waals surface area (Å²) < 4.78 is 15.4. The monoisotopic (exact) mass is 306 g/mol. The number of nitriles is 1. The van der Waals surface area contributed by atoms with E-state index in [1.165, 1.54) is 17.7 Å². The molecule has 1 N–H and O–H groups in total. The highest BCUT2D eigenvalue weighted by atomic mass is 19.1. The molecule has 4 nitrogen and oxygen atoms in total. The Morgan fingerprint density at radius 2 is 2.00 bits per heavy atom. The van der Waals surface area contributed by atoms with Crippen molar-refractivity contribution in [2.24, 2.45) is 0 Å². The first-order chi connectivity index (χ1) is 11.3. The number of benzene rings is 2. The van der Waals surface area contributed by atoms with Crippen molar-refractivity contribution in [1.82, 2.24) is 9.55 Å². The maximum absolute atomic E-state index is 13.3. The van der Waals surface area contributed by atoms with Gasteiger partial charge in [-0.2, -0.15) is 5.26 Å². The normalized spacial score (nSPS) is 10.3. The third kappa shape index (κ3) is 3.55. The quantitative estimate of drug-likeness (QED) is 0.784. The van der Waals surface area contributed by atoms with Crippen molar-refractivity contribution < 1.29 is 4.39 Å². The van der Waals surface area contributed by atoms with Gasteiger partial charge >= 0.3 is 0 Å². The lowest BCUT2D eigenvalue weighted by Crippen LogP contribution is -2.09. The van der Waals surface area contributed by atoms with E-state index < -0.39 is 5.82 Å². The van der Waals surface area contributed by atoms with Crippen molar-refractivity contribution in [2.75, 3.05) is 5.32 Å². The Kier molecular flexibility index (Phi) is 4.34. The lowest BCUT2D eigenvalue weighted by molar-refractivity contribution is 0.624. The van der Waals surface area contributed by atoms with Gasteiger partial charge in [0.15, 0.2) is 0 Å². The highest BCUT2D eigenvalue weighted by Crippen LogP contribution is 2.15. The minimum atomic E-state index is -0.511. The molecule has 114 valence electrons. The van der Waals surface area contributed by atoms with Crippen LogP contribution in [0, 0.1) is 17.1 Å². The first kappa shape index (κ1) is 14.8. The van der Waals surface area contributed by atoms with Gasteiger partial charge in [0.25, 0.3) is 0 Å². The predicted molar refractivity (Wildman–Crippen MR) is 86.2 cm³/mol. The topological polar surface area (TPSA) is 53.6 Å². The molecule has 0 aliphatic heterocycles. The third-order valence-corrected chi connectivity index (χ3v) is 3.53. The first-order valence-electron chi connectivity index (χ1n) is 7.24. The standard InChI is InChI=1S/C18H15FN4/c19-17-7-6-16(10-15(17)11-20)22-12-18-21-8-9-23(18)13-14-4-2-1-3-5-14/h1-10,22H,12-13H2. The Balaban J connectivity index is 1.70. The fraction of sp³-hybridized carbons (Fsp3) is 0.111. The van der Waals surface area contributed by atoms with E-state index in [1.54, 1.807) is 12.3 Å². The summed E-state index contributed by atoms with van der Waals surface area (Å²) in [6.45, 7) is 1.24. The summed E-state index contributed by atoms with van der Waals surface area (Å²) in [7, 11) is 0. The molecule has 0 spiro atoms. The second-order valence-corrected chi connectivity index (χ2v) is 5.12. The summed E-state index contributed by atoms with van der Waals surface area (Å²) in [6, 6.07) is 16.4. The molecule has 0 saturated carbocycles. The third-order valence-electron chi connectivity index (χ3n) is 3.53. The van der Waals surface area contributed by atoms with Gasteiger partial charge in [0.2, 0.25) is 0 Å². The zero-order chi connectivity index (χ0) is 16.1. The fourth-order valence-corrected chi connectivity index (χ4v) is 2.33. The number of anilines is 1. The molecule has 0 aliphatic rings. The molecular formula is C18H15FN4. The number of imidazole rings is 1. The molecule has 1 heterocycles. The van der Waals surface area contributed by atoms with Gasteiger partial charge in [0, 0.05) is 24.6 Å². The second kappa shape index (κ2) is 6.75. The molecule has 3 aromatic rings. The van der Waals surface area contributed by atoms with E-state index in [4.69, 9.17) is 5.26 Å². The van der Waals surface area contributed by atoms with Gasteiger partial charge in [-0.05, 0) is 23.8 Å². The molecule has 0 aliphatic carbocycles. The van der Waals surface area contributed by atoms with Gasteiger partial charge < -0.3 is 9.88 Å². The summed E-state index contributed by atoms with van der Waals surface area (Å²) in [5.41, 5.74) is 1.92. The number of aromatic nitrogens is 2. The van der Waals surface area contributed by atoms with Crippen molar-refractivity contribution in [3.63, 3.8) is 0 Å². The van der Waals surface area contributed by atoms with E-state index in [9.17, 15) is 4.39 Å². The van der Waals surface area contributed by atoms with Gasteiger partial charge in [-0.1, -0.05) is 30.3 Å². The van der Waals surface area contributed by atoms with Gasteiger partial charge in [-0.25, -0.2) is 9.37 Å². The molecular weight excluding hydrogens is 291 g/mol. The second-order valence-electron chi connectivity index (χ2n) is 5.12. The maximum atomic E-state index is 13.3. The average Bonchev–Trinajstić information content (AvgIpc) is 3.02. The molecule has 3 rings (SSSR count). The molecule has 0 unspecified atom stereocenters. The maximum Gasteiger partial charge on any atom is 0.141 e. The number of hydrogen-bond donors (Lipinski definition) is 1. The molecule has 0 atom stereocenters. The van der Waals surface area contributed by atoms with E-state index >= 15 is 0 Å². The summed E-state index contributed by atoms with van der Waals surface area (Å²) in [4.78, 5) is 4.35. The molecule has 0 radical (unpaired) electrons. The highest BCUT2D eigenvalue weighted by molar-refractivity contribution is 5.49. The number of halogens is 1. The predicted octanol–water partition coefficient (Wildman–Crippen LogP) is 3.55. The van der Waals surface area contributed by atoms with E-state index in [2.05, 4.69) is 27.0 Å². The van der Waals surface area contributed by atoms with Crippen molar-refractivity contribution >= 4 is 5.69 Å². The first-order valence-corrected chi connectivity index (χ1v) is 7.24. The fourth-order valence-electron chi connectivity index (χ4n) is 2.33. The van der Waals surface area contributed by atoms with Gasteiger partial charge in [0.05, 0.1) is 12.1 Å². The Labute approximate surface area is 133 Å². The van der Waals surface area contributed by atoms with Crippen molar-refractivity contribution in [2.45, 2.75) is 13.1 Å². The number of nitrogens with zero attached hydrogens (tertiary/aromatic N) is 3. The summed E-state index contributed by atoms with van der Waals surface area (Å²) in [5, 5.41) is 12.0. The Hall–Kier alpha value is -3.13. The van der Waals surface area contributed by atoms with Crippen LogP contribution in [0.4, 0.5) is 10.1 Å². The number of rotatable bonds is 5. The number of hydrogen-bond acceptors (Lipinski definition) is 3. The average molecular weight is 306 g/mol. The lowest BCUT2D eigenvalue weighted by Gasteiger charge is -2.10. The minimum Gasteiger partial charge on any atom is -0.378 e. The molecule has 0 fully saturated rings. The molecule has 0 saturated heterocycles. The van der Waals surface area contributed by atoms with Gasteiger partial charge in [0.1, 0.15) is 17.7 Å². The summed E-state index contributed by atoms with van der Waals surface area (Å²) in [6.07, 6.45) is 3.68. The van der Waals surface area contributed by atoms with Crippen LogP contribution in [0.1, 0.15) is 17.0 Å². The number of nitrogens with one attached hydrogen (secondary N) is 1. The molecule has 23 heavy (non-hydrogen) atoms. The Morgan fingerprint density at radius 1 is 1.17 bits per heavy atom. The largest absolute Gasteiger partial charge is 0.378 e. The van der Waals surface area contributed by atoms with Crippen molar-refractivity contribution in [3.8, 4) is 6.07 Å². The van der Waals surface area contributed by atoms with E-state index in [1.807, 2.05) is 30.5 Å². The Morgan fingerprint density at radius 3 is 2.78 bits per heavy atom. The van der Waals surface area contributed by atoms with Crippen LogP contribution in [0.15, 0.2) is 60.9 Å². The summed E-state index contributed by atoms with van der Waals surface area (Å²) in [5.74, 6) is 0.361. The molecule has 0 amide bonds. The van der Waals surface area contributed by atoms with Crippen LogP contribution in [-0.2, 0) is 13.1 Å². The van der Waals surface area contributed by atoms with E-state index in [-0.39, 0.29) is 5.56 Å². The summed E-state index contributed by atoms with van der Waals surface area (Å²) >= 11 is 0. The van der Waals surface area contributed by atoms with E-state index in [0.717, 1.165) is 12.4 Å². The zero-order valence-electron chi connectivity index (χ0n) is 12.4. The van der Waals surface area contributed by atoms with Crippen LogP contribution in [-0.4, -0.2) is 9.55 Å².